The van der Waals surface area contributed by atoms with Gasteiger partial charge in [0.05, 0.1) is 35.3 Å². The molecular weight excluding hydrogens is 471 g/mol. The highest BCUT2D eigenvalue weighted by Gasteiger charge is 2.25. The molecule has 2 heterocycles. The van der Waals surface area contributed by atoms with Crippen molar-refractivity contribution in [2.75, 3.05) is 42.4 Å². The van der Waals surface area contributed by atoms with Crippen LogP contribution < -0.4 is 19.9 Å². The van der Waals surface area contributed by atoms with Crippen LogP contribution in [0.2, 0.25) is 10.0 Å². The summed E-state index contributed by atoms with van der Waals surface area (Å²) in [5.41, 5.74) is 4.79. The Morgan fingerprint density at radius 1 is 1.06 bits per heavy atom. The smallest absolute Gasteiger partial charge is 0.326 e. The Morgan fingerprint density at radius 3 is 2.59 bits per heavy atom. The molecule has 0 fully saturated rings. The number of benzene rings is 3. The molecule has 8 heteroatoms. The summed E-state index contributed by atoms with van der Waals surface area (Å²) in [5, 5.41) is 5.07. The summed E-state index contributed by atoms with van der Waals surface area (Å²) in [7, 11) is 3.88. The van der Waals surface area contributed by atoms with Gasteiger partial charge in [-0.1, -0.05) is 53.5 Å². The summed E-state index contributed by atoms with van der Waals surface area (Å²) in [5.74, 6) is 0.693. The van der Waals surface area contributed by atoms with Gasteiger partial charge in [0, 0.05) is 35.1 Å². The maximum atomic E-state index is 13.3. The minimum Gasteiger partial charge on any atom is -0.490 e. The number of ether oxygens (including phenoxy) is 1. The third-order valence-electron chi connectivity index (χ3n) is 5.71. The summed E-state index contributed by atoms with van der Waals surface area (Å²) < 4.78 is 5.68. The first kappa shape index (κ1) is 22.3. The monoisotopic (exact) mass is 492 g/mol. The second kappa shape index (κ2) is 9.05. The Labute approximate surface area is 207 Å². The highest BCUT2D eigenvalue weighted by atomic mass is 35.5. The van der Waals surface area contributed by atoms with Crippen LogP contribution in [0, 0.1) is 0 Å². The molecule has 1 N–H and O–H groups in total. The van der Waals surface area contributed by atoms with Gasteiger partial charge in [0.15, 0.2) is 0 Å². The minimum atomic E-state index is -0.238. The number of para-hydroxylation sites is 3. The van der Waals surface area contributed by atoms with Crippen LogP contribution in [-0.4, -0.2) is 38.3 Å². The number of anilines is 3. The number of halogens is 2. The molecule has 2 amide bonds. The van der Waals surface area contributed by atoms with Gasteiger partial charge < -0.3 is 15.0 Å². The van der Waals surface area contributed by atoms with Gasteiger partial charge in [0.1, 0.15) is 12.4 Å². The standard InChI is InChI=1S/C26H22Cl2N4O2/c1-31(2)25-20-7-5-6-19(16-12-17(27)14-18(28)13-16)24(20)29-15-21(25)30-26(33)32-10-11-34-23-9-4-3-8-22(23)32/h3-9,12-15H,10-11H2,1-2H3,(H,30,33). The maximum absolute atomic E-state index is 13.3. The number of urea groups is 1. The summed E-state index contributed by atoms with van der Waals surface area (Å²) >= 11 is 12.5. The predicted octanol–water partition coefficient (Wildman–Crippen LogP) is 6.71. The van der Waals surface area contributed by atoms with Gasteiger partial charge in [-0.3, -0.25) is 9.88 Å². The van der Waals surface area contributed by atoms with Crippen molar-refractivity contribution < 1.29 is 9.53 Å². The van der Waals surface area contributed by atoms with E-state index in [0.717, 1.165) is 33.4 Å². The first-order valence-electron chi connectivity index (χ1n) is 10.8. The summed E-state index contributed by atoms with van der Waals surface area (Å²) in [6.45, 7) is 0.896. The maximum Gasteiger partial charge on any atom is 0.326 e. The topological polar surface area (TPSA) is 57.7 Å². The molecule has 0 bridgehead atoms. The highest BCUT2D eigenvalue weighted by Crippen LogP contribution is 2.39. The number of nitrogens with zero attached hydrogens (tertiary/aromatic N) is 3. The van der Waals surface area contributed by atoms with Gasteiger partial charge >= 0.3 is 6.03 Å². The zero-order valence-corrected chi connectivity index (χ0v) is 20.2. The van der Waals surface area contributed by atoms with Crippen molar-refractivity contribution in [1.82, 2.24) is 4.98 Å². The largest absolute Gasteiger partial charge is 0.490 e. The number of carbonyl (C=O) groups is 1. The number of amides is 2. The van der Waals surface area contributed by atoms with E-state index in [1.807, 2.05) is 73.6 Å². The molecule has 0 unspecified atom stereocenters. The molecular formula is C26H22Cl2N4O2. The van der Waals surface area contributed by atoms with Crippen LogP contribution >= 0.6 is 23.2 Å². The number of carbonyl (C=O) groups excluding carboxylic acids is 1. The van der Waals surface area contributed by atoms with E-state index in [2.05, 4.69) is 5.32 Å². The molecule has 5 rings (SSSR count). The van der Waals surface area contributed by atoms with Crippen LogP contribution in [0.4, 0.5) is 21.9 Å². The van der Waals surface area contributed by atoms with Gasteiger partial charge in [-0.05, 0) is 35.9 Å². The van der Waals surface area contributed by atoms with Crippen molar-refractivity contribution >= 4 is 57.2 Å². The summed E-state index contributed by atoms with van der Waals surface area (Å²) in [6.07, 6.45) is 1.69. The third kappa shape index (κ3) is 4.11. The lowest BCUT2D eigenvalue weighted by Gasteiger charge is -2.30. The fourth-order valence-electron chi connectivity index (χ4n) is 4.29. The van der Waals surface area contributed by atoms with Gasteiger partial charge in [0.2, 0.25) is 0 Å². The third-order valence-corrected chi connectivity index (χ3v) is 6.14. The number of fused-ring (bicyclic) bond motifs is 2. The number of pyridine rings is 1. The average Bonchev–Trinajstić information content (AvgIpc) is 2.82. The zero-order valence-electron chi connectivity index (χ0n) is 18.7. The van der Waals surface area contributed by atoms with E-state index in [9.17, 15) is 4.79 Å². The van der Waals surface area contributed by atoms with Crippen molar-refractivity contribution in [3.8, 4) is 16.9 Å². The number of hydrogen-bond donors (Lipinski definition) is 1. The SMILES string of the molecule is CN(C)c1c(NC(=O)N2CCOc3ccccc32)cnc2c(-c3cc(Cl)cc(Cl)c3)cccc12. The summed E-state index contributed by atoms with van der Waals surface area (Å²) in [6, 6.07) is 18.7. The predicted molar refractivity (Wildman–Crippen MR) is 140 cm³/mol. The van der Waals surface area contributed by atoms with Crippen molar-refractivity contribution in [3.05, 3.63) is 76.9 Å². The van der Waals surface area contributed by atoms with Gasteiger partial charge in [0.25, 0.3) is 0 Å². The molecule has 172 valence electrons. The molecule has 0 radical (unpaired) electrons. The first-order valence-corrected chi connectivity index (χ1v) is 11.5. The second-order valence-electron chi connectivity index (χ2n) is 8.17. The number of aromatic nitrogens is 1. The van der Waals surface area contributed by atoms with E-state index in [-0.39, 0.29) is 6.03 Å². The molecule has 0 saturated carbocycles. The molecule has 4 aromatic rings. The molecule has 1 aromatic heterocycles. The van der Waals surface area contributed by atoms with E-state index in [1.165, 1.54) is 0 Å². The number of nitrogens with one attached hydrogen (secondary N) is 1. The summed E-state index contributed by atoms with van der Waals surface area (Å²) in [4.78, 5) is 21.7. The minimum absolute atomic E-state index is 0.238. The van der Waals surface area contributed by atoms with Gasteiger partial charge in [-0.15, -0.1) is 0 Å². The fraction of sp³-hybridized carbons (Fsp3) is 0.154. The van der Waals surface area contributed by atoms with Crippen LogP contribution in [0.5, 0.6) is 5.75 Å². The second-order valence-corrected chi connectivity index (χ2v) is 9.05. The quantitative estimate of drug-likeness (QED) is 0.345. The Kier molecular flexibility index (Phi) is 5.94. The van der Waals surface area contributed by atoms with Crippen LogP contribution in [0.1, 0.15) is 0 Å². The zero-order chi connectivity index (χ0) is 23.8. The Bertz CT molecular complexity index is 1390. The molecule has 6 nitrogen and oxygen atoms in total. The van der Waals surface area contributed by atoms with E-state index in [0.29, 0.717) is 34.6 Å². The van der Waals surface area contributed by atoms with Crippen LogP contribution in [-0.2, 0) is 0 Å². The van der Waals surface area contributed by atoms with Crippen molar-refractivity contribution in [2.24, 2.45) is 0 Å². The highest BCUT2D eigenvalue weighted by molar-refractivity contribution is 6.35. The Hall–Kier alpha value is -3.48. The molecule has 1 aliphatic rings. The van der Waals surface area contributed by atoms with Crippen LogP contribution in [0.15, 0.2) is 66.9 Å². The van der Waals surface area contributed by atoms with Crippen molar-refractivity contribution in [3.63, 3.8) is 0 Å². The van der Waals surface area contributed by atoms with E-state index in [1.54, 1.807) is 17.2 Å². The molecule has 3 aromatic carbocycles. The van der Waals surface area contributed by atoms with Crippen LogP contribution in [0.25, 0.3) is 22.0 Å². The first-order chi connectivity index (χ1) is 16.4. The van der Waals surface area contributed by atoms with Gasteiger partial charge in [-0.25, -0.2) is 4.79 Å². The van der Waals surface area contributed by atoms with Gasteiger partial charge in [-0.2, -0.15) is 0 Å². The molecule has 0 atom stereocenters. The lowest BCUT2D eigenvalue weighted by Crippen LogP contribution is -2.40. The number of rotatable bonds is 3. The molecule has 1 aliphatic heterocycles. The van der Waals surface area contributed by atoms with Crippen LogP contribution in [0.3, 0.4) is 0 Å². The van der Waals surface area contributed by atoms with Crippen molar-refractivity contribution in [1.29, 1.82) is 0 Å². The fourth-order valence-corrected chi connectivity index (χ4v) is 4.81. The normalized spacial score (nSPS) is 12.8. The van der Waals surface area contributed by atoms with Crippen molar-refractivity contribution in [2.45, 2.75) is 0 Å². The number of hydrogen-bond acceptors (Lipinski definition) is 4. The molecule has 0 aliphatic carbocycles. The lowest BCUT2D eigenvalue weighted by molar-refractivity contribution is 0.250. The van der Waals surface area contributed by atoms with E-state index >= 15 is 0 Å². The molecule has 34 heavy (non-hydrogen) atoms. The van der Waals surface area contributed by atoms with E-state index in [4.69, 9.17) is 32.9 Å². The molecule has 0 saturated heterocycles. The van der Waals surface area contributed by atoms with E-state index < -0.39 is 0 Å². The average molecular weight is 493 g/mol. The Morgan fingerprint density at radius 2 is 1.82 bits per heavy atom. The molecule has 0 spiro atoms. The Balaban J connectivity index is 1.57. The lowest BCUT2D eigenvalue weighted by atomic mass is 10.0.